The van der Waals surface area contributed by atoms with E-state index in [-0.39, 0.29) is 16.3 Å². The molecule has 12 heteroatoms. The molecule has 5 aromatic rings. The first-order valence-electron chi connectivity index (χ1n) is 10.7. The molecule has 184 valence electrons. The number of sulfonamides is 1. The van der Waals surface area contributed by atoms with Gasteiger partial charge in [-0.25, -0.2) is 28.5 Å². The van der Waals surface area contributed by atoms with Gasteiger partial charge in [0, 0.05) is 22.9 Å². The second kappa shape index (κ2) is 8.93. The van der Waals surface area contributed by atoms with Crippen LogP contribution in [0.15, 0.2) is 56.3 Å². The Morgan fingerprint density at radius 3 is 2.69 bits per heavy atom. The van der Waals surface area contributed by atoms with Gasteiger partial charge < -0.3 is 9.15 Å². The number of hydrogen-bond donors (Lipinski definition) is 1. The number of nitrogens with two attached hydrogens (primary N) is 1. The van der Waals surface area contributed by atoms with Gasteiger partial charge in [-0.2, -0.15) is 0 Å². The van der Waals surface area contributed by atoms with Crippen molar-refractivity contribution in [2.75, 3.05) is 0 Å². The minimum absolute atomic E-state index is 0.0446. The number of benzene rings is 1. The van der Waals surface area contributed by atoms with Crippen molar-refractivity contribution in [2.24, 2.45) is 5.14 Å². The Bertz CT molecular complexity index is 1830. The zero-order valence-electron chi connectivity index (χ0n) is 19.3. The summed E-state index contributed by atoms with van der Waals surface area (Å²) in [6.07, 6.45) is 0.900. The fourth-order valence-electron chi connectivity index (χ4n) is 3.98. The van der Waals surface area contributed by atoms with Crippen LogP contribution in [0.3, 0.4) is 0 Å². The quantitative estimate of drug-likeness (QED) is 0.309. The number of pyridine rings is 2. The summed E-state index contributed by atoms with van der Waals surface area (Å²) in [4.78, 5) is 26.7. The number of aromatic nitrogens is 3. The summed E-state index contributed by atoms with van der Waals surface area (Å²) in [7, 11) is -4.21. The van der Waals surface area contributed by atoms with Crippen molar-refractivity contribution in [1.82, 2.24) is 15.0 Å². The highest BCUT2D eigenvalue weighted by Crippen LogP contribution is 2.34. The first-order valence-corrected chi connectivity index (χ1v) is 13.5. The smallest absolute Gasteiger partial charge is 0.259 e. The molecule has 0 aliphatic carbocycles. The van der Waals surface area contributed by atoms with E-state index in [2.05, 4.69) is 15.0 Å². The van der Waals surface area contributed by atoms with Crippen LogP contribution in [0, 0.1) is 13.8 Å². The molecule has 1 aromatic carbocycles. The van der Waals surface area contributed by atoms with Crippen LogP contribution in [-0.2, 0) is 10.0 Å². The van der Waals surface area contributed by atoms with E-state index in [1.807, 2.05) is 19.1 Å². The van der Waals surface area contributed by atoms with E-state index in [1.165, 1.54) is 23.5 Å². The van der Waals surface area contributed by atoms with Crippen molar-refractivity contribution >= 4 is 54.3 Å². The number of primary sulfonamides is 1. The van der Waals surface area contributed by atoms with E-state index in [4.69, 9.17) is 25.9 Å². The number of aryl methyl sites for hydroxylation is 1. The van der Waals surface area contributed by atoms with E-state index >= 15 is 0 Å². The number of fused-ring (bicyclic) bond motifs is 2. The Morgan fingerprint density at radius 2 is 1.94 bits per heavy atom. The number of ether oxygens (including phenoxy) is 1. The van der Waals surface area contributed by atoms with E-state index in [0.717, 1.165) is 10.4 Å². The Labute approximate surface area is 214 Å². The van der Waals surface area contributed by atoms with Gasteiger partial charge in [-0.3, -0.25) is 4.79 Å². The Morgan fingerprint density at radius 1 is 1.17 bits per heavy atom. The van der Waals surface area contributed by atoms with Crippen LogP contribution in [0.1, 0.15) is 29.7 Å². The van der Waals surface area contributed by atoms with Gasteiger partial charge in [-0.1, -0.05) is 11.6 Å². The predicted octanol–water partition coefficient (Wildman–Crippen LogP) is 4.92. The third-order valence-corrected chi connectivity index (χ3v) is 7.44. The standard InChI is InChI=1S/C24H19ClN4O5S2/c1-11-6-15(13(3)33-18-4-5-19(25)29-24(18)36(26,31)32)22-16(7-11)20(30)12(2)21(34-22)14-8-17-23(27-9-14)35-10-28-17/h4-10,13H,1-3H3,(H2,26,31,32)/t13-/m1/s1. The molecule has 4 heterocycles. The molecule has 5 rings (SSSR count). The summed E-state index contributed by atoms with van der Waals surface area (Å²) in [6, 6.07) is 8.16. The summed E-state index contributed by atoms with van der Waals surface area (Å²) >= 11 is 7.28. The normalized spacial score (nSPS) is 12.8. The van der Waals surface area contributed by atoms with Crippen LogP contribution < -0.4 is 15.3 Å². The molecule has 0 aliphatic heterocycles. The monoisotopic (exact) mass is 542 g/mol. The second-order valence-corrected chi connectivity index (χ2v) is 11.0. The van der Waals surface area contributed by atoms with Gasteiger partial charge in [0.05, 0.1) is 10.9 Å². The largest absolute Gasteiger partial charge is 0.483 e. The fourth-order valence-corrected chi connectivity index (χ4v) is 5.41. The summed E-state index contributed by atoms with van der Waals surface area (Å²) in [6.45, 7) is 5.25. The highest BCUT2D eigenvalue weighted by Gasteiger charge is 2.24. The molecule has 0 amide bonds. The molecule has 1 atom stereocenters. The molecule has 0 saturated heterocycles. The summed E-state index contributed by atoms with van der Waals surface area (Å²) in [5, 5.41) is 5.16. The lowest BCUT2D eigenvalue weighted by Gasteiger charge is -2.19. The zero-order valence-corrected chi connectivity index (χ0v) is 21.7. The van der Waals surface area contributed by atoms with Crippen LogP contribution in [0.5, 0.6) is 5.75 Å². The average molecular weight is 543 g/mol. The SMILES string of the molecule is Cc1cc([C@@H](C)Oc2ccc(Cl)nc2S(N)(=O)=O)c2oc(-c3cnc4scnc4c3)c(C)c(=O)c2c1. The lowest BCUT2D eigenvalue weighted by Crippen LogP contribution is -2.17. The first-order chi connectivity index (χ1) is 17.0. The van der Waals surface area contributed by atoms with Crippen LogP contribution in [0.4, 0.5) is 0 Å². The third-order valence-electron chi connectivity index (χ3n) is 5.65. The third kappa shape index (κ3) is 4.35. The van der Waals surface area contributed by atoms with Crippen molar-refractivity contribution in [3.05, 3.63) is 74.1 Å². The summed E-state index contributed by atoms with van der Waals surface area (Å²) in [5.41, 5.74) is 4.92. The lowest BCUT2D eigenvalue weighted by atomic mass is 10.0. The molecular formula is C24H19ClN4O5S2. The average Bonchev–Trinajstić information content (AvgIpc) is 3.29. The van der Waals surface area contributed by atoms with Gasteiger partial charge in [0.1, 0.15) is 32.9 Å². The van der Waals surface area contributed by atoms with Gasteiger partial charge in [-0.15, -0.1) is 11.3 Å². The van der Waals surface area contributed by atoms with Gasteiger partial charge in [0.15, 0.2) is 11.2 Å². The number of hydrogen-bond acceptors (Lipinski definition) is 9. The van der Waals surface area contributed by atoms with Gasteiger partial charge >= 0.3 is 0 Å². The van der Waals surface area contributed by atoms with Crippen LogP contribution in [0.25, 0.3) is 32.6 Å². The Balaban J connectivity index is 1.68. The number of halogens is 1. The number of rotatable bonds is 5. The maximum Gasteiger partial charge on any atom is 0.259 e. The van der Waals surface area contributed by atoms with Gasteiger partial charge in [-0.05, 0) is 56.7 Å². The fraction of sp³-hybridized carbons (Fsp3) is 0.167. The van der Waals surface area contributed by atoms with Crippen molar-refractivity contribution < 1.29 is 17.6 Å². The number of thiazole rings is 1. The molecule has 36 heavy (non-hydrogen) atoms. The molecule has 0 saturated carbocycles. The van der Waals surface area contributed by atoms with Crippen molar-refractivity contribution in [3.8, 4) is 17.1 Å². The Hall–Kier alpha value is -3.38. The molecule has 0 unspecified atom stereocenters. The molecule has 9 nitrogen and oxygen atoms in total. The van der Waals surface area contributed by atoms with Crippen molar-refractivity contribution in [1.29, 1.82) is 0 Å². The number of nitrogens with zero attached hydrogens (tertiary/aromatic N) is 3. The molecule has 0 aliphatic rings. The maximum absolute atomic E-state index is 13.4. The molecule has 0 bridgehead atoms. The van der Waals surface area contributed by atoms with E-state index < -0.39 is 21.2 Å². The second-order valence-electron chi connectivity index (χ2n) is 8.26. The predicted molar refractivity (Wildman–Crippen MR) is 138 cm³/mol. The van der Waals surface area contributed by atoms with Crippen molar-refractivity contribution in [3.63, 3.8) is 0 Å². The molecule has 0 fully saturated rings. The van der Waals surface area contributed by atoms with Gasteiger partial charge in [0.25, 0.3) is 10.0 Å². The van der Waals surface area contributed by atoms with Crippen LogP contribution in [-0.4, -0.2) is 23.4 Å². The van der Waals surface area contributed by atoms with E-state index in [9.17, 15) is 13.2 Å². The topological polar surface area (TPSA) is 138 Å². The first kappa shape index (κ1) is 24.3. The molecular weight excluding hydrogens is 524 g/mol. The van der Waals surface area contributed by atoms with Crippen LogP contribution in [0.2, 0.25) is 5.15 Å². The highest BCUT2D eigenvalue weighted by molar-refractivity contribution is 7.89. The van der Waals surface area contributed by atoms with E-state index in [0.29, 0.717) is 38.9 Å². The van der Waals surface area contributed by atoms with Crippen LogP contribution >= 0.6 is 22.9 Å². The highest BCUT2D eigenvalue weighted by atomic mass is 35.5. The molecule has 4 aromatic heterocycles. The van der Waals surface area contributed by atoms with Gasteiger partial charge in [0.2, 0.25) is 5.03 Å². The molecule has 2 N–H and O–H groups in total. The summed E-state index contributed by atoms with van der Waals surface area (Å²) in [5.74, 6) is 0.294. The zero-order chi connectivity index (χ0) is 25.8. The van der Waals surface area contributed by atoms with E-state index in [1.54, 1.807) is 31.6 Å². The van der Waals surface area contributed by atoms with Crippen molar-refractivity contribution in [2.45, 2.75) is 31.9 Å². The molecule has 0 spiro atoms. The Kier molecular flexibility index (Phi) is 6.03. The minimum atomic E-state index is -4.21. The minimum Gasteiger partial charge on any atom is -0.483 e. The molecule has 0 radical (unpaired) electrons. The maximum atomic E-state index is 13.4. The summed E-state index contributed by atoms with van der Waals surface area (Å²) < 4.78 is 36.4. The lowest BCUT2D eigenvalue weighted by molar-refractivity contribution is 0.219.